The van der Waals surface area contributed by atoms with Crippen molar-refractivity contribution in [1.29, 1.82) is 0 Å². The second kappa shape index (κ2) is 8.76. The number of hydrogen-bond acceptors (Lipinski definition) is 3. The third-order valence-corrected chi connectivity index (χ3v) is 5.64. The second-order valence-corrected chi connectivity index (χ2v) is 9.72. The zero-order chi connectivity index (χ0) is 22.1. The highest BCUT2D eigenvalue weighted by molar-refractivity contribution is 5.93. The van der Waals surface area contributed by atoms with Crippen LogP contribution in [0.25, 0.3) is 0 Å². The number of fused-ring (bicyclic) bond motifs is 1. The summed E-state index contributed by atoms with van der Waals surface area (Å²) in [5.41, 5.74) is 6.37. The average Bonchev–Trinajstić information content (AvgIpc) is 2.63. The first kappa shape index (κ1) is 22.3. The average molecular weight is 412 g/mol. The number of nitrogens with one attached hydrogen (secondary N) is 2. The summed E-state index contributed by atoms with van der Waals surface area (Å²) >= 11 is 0. The van der Waals surface area contributed by atoms with Gasteiger partial charge in [-0.2, -0.15) is 0 Å². The Kier molecular flexibility index (Phi) is 6.51. The van der Waals surface area contributed by atoms with Crippen LogP contribution >= 0.6 is 0 Å². The molecule has 1 aliphatic rings. The maximum Gasteiger partial charge on any atom is 0.224 e. The molecule has 0 fully saturated rings. The van der Waals surface area contributed by atoms with Crippen LogP contribution < -0.4 is 15.5 Å². The molecule has 1 amide bonds. The minimum Gasteiger partial charge on any atom is -0.367 e. The van der Waals surface area contributed by atoms with Crippen LogP contribution in [-0.2, 0) is 11.3 Å². The SMILES string of the molecule is CNCC1CN(c2cc(C)c(NC(=O)CC(C)(C)C)c(C)c2)Cc2ccc(F)cc21. The predicted molar refractivity (Wildman–Crippen MR) is 123 cm³/mol. The molecule has 2 aromatic carbocycles. The molecule has 0 saturated carbocycles. The summed E-state index contributed by atoms with van der Waals surface area (Å²) in [6, 6.07) is 9.41. The minimum atomic E-state index is -0.176. The Labute approximate surface area is 179 Å². The number of carbonyl (C=O) groups excluding carboxylic acids is 1. The zero-order valence-electron chi connectivity index (χ0n) is 19.0. The van der Waals surface area contributed by atoms with Gasteiger partial charge in [0.1, 0.15) is 5.82 Å². The van der Waals surface area contributed by atoms with Crippen molar-refractivity contribution in [1.82, 2.24) is 5.32 Å². The van der Waals surface area contributed by atoms with Crippen LogP contribution in [0.2, 0.25) is 0 Å². The van der Waals surface area contributed by atoms with E-state index in [0.717, 1.165) is 47.7 Å². The largest absolute Gasteiger partial charge is 0.367 e. The first-order valence-electron chi connectivity index (χ1n) is 10.7. The molecule has 5 heteroatoms. The lowest BCUT2D eigenvalue weighted by atomic mass is 9.89. The monoisotopic (exact) mass is 411 g/mol. The Bertz CT molecular complexity index is 909. The van der Waals surface area contributed by atoms with E-state index in [9.17, 15) is 9.18 Å². The third-order valence-electron chi connectivity index (χ3n) is 5.64. The van der Waals surface area contributed by atoms with Gasteiger partial charge in [-0.15, -0.1) is 0 Å². The first-order valence-corrected chi connectivity index (χ1v) is 10.7. The molecule has 0 bridgehead atoms. The highest BCUT2D eigenvalue weighted by atomic mass is 19.1. The molecule has 0 radical (unpaired) electrons. The fraction of sp³-hybridized carbons (Fsp3) is 0.480. The number of nitrogens with zero attached hydrogens (tertiary/aromatic N) is 1. The normalized spacial score (nSPS) is 16.4. The summed E-state index contributed by atoms with van der Waals surface area (Å²) in [5.74, 6) is 0.0935. The van der Waals surface area contributed by atoms with Crippen molar-refractivity contribution in [3.63, 3.8) is 0 Å². The van der Waals surface area contributed by atoms with E-state index in [-0.39, 0.29) is 23.1 Å². The van der Waals surface area contributed by atoms with Crippen LogP contribution in [0.5, 0.6) is 0 Å². The van der Waals surface area contributed by atoms with Gasteiger partial charge < -0.3 is 15.5 Å². The van der Waals surface area contributed by atoms with Gasteiger partial charge in [-0.25, -0.2) is 4.39 Å². The first-order chi connectivity index (χ1) is 14.1. The molecule has 0 saturated heterocycles. The lowest BCUT2D eigenvalue weighted by Crippen LogP contribution is -2.37. The smallest absolute Gasteiger partial charge is 0.224 e. The van der Waals surface area contributed by atoms with E-state index in [1.165, 1.54) is 5.56 Å². The van der Waals surface area contributed by atoms with E-state index >= 15 is 0 Å². The van der Waals surface area contributed by atoms with Gasteiger partial charge in [0.2, 0.25) is 5.91 Å². The number of halogens is 1. The predicted octanol–water partition coefficient (Wildman–Crippen LogP) is 5.14. The molecule has 4 nitrogen and oxygen atoms in total. The molecule has 2 aromatic rings. The highest BCUT2D eigenvalue weighted by Crippen LogP contribution is 2.35. The molecule has 1 aliphatic heterocycles. The summed E-state index contributed by atoms with van der Waals surface area (Å²) in [7, 11) is 1.93. The topological polar surface area (TPSA) is 44.4 Å². The number of amides is 1. The van der Waals surface area contributed by atoms with Gasteiger partial charge in [-0.1, -0.05) is 26.8 Å². The molecule has 3 rings (SSSR count). The quantitative estimate of drug-likeness (QED) is 0.716. The van der Waals surface area contributed by atoms with Crippen LogP contribution in [0, 0.1) is 25.1 Å². The number of hydrogen-bond donors (Lipinski definition) is 2. The van der Waals surface area contributed by atoms with Gasteiger partial charge in [0, 0.05) is 43.3 Å². The molecule has 0 spiro atoms. The number of likely N-dealkylation sites (N-methyl/N-ethyl adjacent to an activating group) is 1. The molecule has 2 N–H and O–H groups in total. The minimum absolute atomic E-state index is 0.0458. The Morgan fingerprint density at radius 1 is 1.17 bits per heavy atom. The van der Waals surface area contributed by atoms with Crippen LogP contribution in [0.3, 0.4) is 0 Å². The number of aryl methyl sites for hydroxylation is 2. The summed E-state index contributed by atoms with van der Waals surface area (Å²) in [4.78, 5) is 14.8. The van der Waals surface area contributed by atoms with Crippen molar-refractivity contribution in [2.75, 3.05) is 30.4 Å². The van der Waals surface area contributed by atoms with Gasteiger partial charge >= 0.3 is 0 Å². The number of rotatable bonds is 5. The Hall–Kier alpha value is -2.40. The van der Waals surface area contributed by atoms with Crippen molar-refractivity contribution >= 4 is 17.3 Å². The van der Waals surface area contributed by atoms with E-state index in [0.29, 0.717) is 6.42 Å². The van der Waals surface area contributed by atoms with E-state index < -0.39 is 0 Å². The fourth-order valence-electron chi connectivity index (χ4n) is 4.33. The maximum atomic E-state index is 13.8. The Morgan fingerprint density at radius 3 is 2.43 bits per heavy atom. The van der Waals surface area contributed by atoms with Gasteiger partial charge in [0.25, 0.3) is 0 Å². The van der Waals surface area contributed by atoms with E-state index in [1.807, 2.05) is 27.0 Å². The highest BCUT2D eigenvalue weighted by Gasteiger charge is 2.26. The second-order valence-electron chi connectivity index (χ2n) is 9.72. The number of carbonyl (C=O) groups is 1. The van der Waals surface area contributed by atoms with Crippen LogP contribution in [0.1, 0.15) is 55.4 Å². The van der Waals surface area contributed by atoms with E-state index in [4.69, 9.17) is 0 Å². The summed E-state index contributed by atoms with van der Waals surface area (Å²) < 4.78 is 13.8. The third kappa shape index (κ3) is 5.20. The van der Waals surface area contributed by atoms with Gasteiger partial charge in [0.05, 0.1) is 0 Å². The number of anilines is 2. The van der Waals surface area contributed by atoms with Crippen molar-refractivity contribution in [2.24, 2.45) is 5.41 Å². The van der Waals surface area contributed by atoms with Crippen molar-refractivity contribution < 1.29 is 9.18 Å². The molecule has 162 valence electrons. The molecule has 0 aliphatic carbocycles. The van der Waals surface area contributed by atoms with E-state index in [2.05, 4.69) is 48.4 Å². The van der Waals surface area contributed by atoms with Gasteiger partial charge in [0.15, 0.2) is 0 Å². The summed E-state index contributed by atoms with van der Waals surface area (Å²) in [6.07, 6.45) is 0.485. The summed E-state index contributed by atoms with van der Waals surface area (Å²) in [5, 5.41) is 6.35. The van der Waals surface area contributed by atoms with Crippen LogP contribution in [0.4, 0.5) is 15.8 Å². The molecule has 0 aromatic heterocycles. The Morgan fingerprint density at radius 2 is 1.83 bits per heavy atom. The lowest BCUT2D eigenvalue weighted by Gasteiger charge is -2.37. The number of benzene rings is 2. The zero-order valence-corrected chi connectivity index (χ0v) is 19.0. The molecule has 30 heavy (non-hydrogen) atoms. The van der Waals surface area contributed by atoms with Crippen LogP contribution in [-0.4, -0.2) is 26.0 Å². The van der Waals surface area contributed by atoms with Gasteiger partial charge in [-0.05, 0) is 72.8 Å². The van der Waals surface area contributed by atoms with Crippen molar-refractivity contribution in [3.8, 4) is 0 Å². The van der Waals surface area contributed by atoms with Crippen molar-refractivity contribution in [3.05, 3.63) is 58.4 Å². The molecule has 1 unspecified atom stereocenters. The van der Waals surface area contributed by atoms with E-state index in [1.54, 1.807) is 12.1 Å². The molecular formula is C25H34FN3O. The maximum absolute atomic E-state index is 13.8. The lowest BCUT2D eigenvalue weighted by molar-refractivity contribution is -0.117. The molecule has 1 heterocycles. The van der Waals surface area contributed by atoms with Crippen LogP contribution in [0.15, 0.2) is 30.3 Å². The summed E-state index contributed by atoms with van der Waals surface area (Å²) in [6.45, 7) is 12.7. The van der Waals surface area contributed by atoms with Gasteiger partial charge in [-0.3, -0.25) is 4.79 Å². The fourth-order valence-corrected chi connectivity index (χ4v) is 4.33. The Balaban J connectivity index is 1.86. The van der Waals surface area contributed by atoms with Crippen molar-refractivity contribution in [2.45, 2.75) is 53.5 Å². The molecule has 1 atom stereocenters. The molecular weight excluding hydrogens is 377 g/mol. The standard InChI is InChI=1S/C25H34FN3O/c1-16-9-21(10-17(2)24(16)28-23(30)12-25(3,4)5)29-14-18-7-8-20(26)11-22(18)19(15-29)13-27-6/h7-11,19,27H,12-15H2,1-6H3,(H,28,30).